The molecule has 2 aromatic heterocycles. The maximum atomic E-state index is 4.86. The maximum absolute atomic E-state index is 4.86. The summed E-state index contributed by atoms with van der Waals surface area (Å²) < 4.78 is 0. The van der Waals surface area contributed by atoms with Gasteiger partial charge in [-0.1, -0.05) is 60.3 Å². The van der Waals surface area contributed by atoms with E-state index >= 15 is 0 Å². The molecule has 0 aliphatic carbocycles. The molecule has 5 heteroatoms. The third-order valence-electron chi connectivity index (χ3n) is 4.64. The minimum Gasteiger partial charge on any atom is -0.232 e. The van der Waals surface area contributed by atoms with Gasteiger partial charge in [-0.05, 0) is 32.4 Å². The van der Waals surface area contributed by atoms with Crippen molar-refractivity contribution in [2.75, 3.05) is 0 Å². The SMILES string of the molecule is Cc1nc(SCc2nc(-c3ccccc3)c3ccccc3n2)nc(C)c1C. The second kappa shape index (κ2) is 7.45. The Balaban J connectivity index is 1.70. The molecule has 0 aliphatic rings. The van der Waals surface area contributed by atoms with E-state index in [0.717, 1.165) is 50.1 Å². The van der Waals surface area contributed by atoms with Gasteiger partial charge >= 0.3 is 0 Å². The number of aromatic nitrogens is 4. The van der Waals surface area contributed by atoms with E-state index in [2.05, 4.69) is 35.1 Å². The van der Waals surface area contributed by atoms with Crippen LogP contribution in [0.5, 0.6) is 0 Å². The molecule has 0 radical (unpaired) electrons. The molecule has 0 aliphatic heterocycles. The summed E-state index contributed by atoms with van der Waals surface area (Å²) >= 11 is 1.58. The molecule has 27 heavy (non-hydrogen) atoms. The molecule has 4 nitrogen and oxygen atoms in total. The molecule has 0 bridgehead atoms. The first-order chi connectivity index (χ1) is 13.1. The van der Waals surface area contributed by atoms with Crippen molar-refractivity contribution >= 4 is 22.7 Å². The van der Waals surface area contributed by atoms with Crippen LogP contribution in [0.1, 0.15) is 22.8 Å². The lowest BCUT2D eigenvalue weighted by Gasteiger charge is -2.09. The lowest BCUT2D eigenvalue weighted by Crippen LogP contribution is -2.00. The molecule has 2 heterocycles. The number of aryl methyl sites for hydroxylation is 2. The number of para-hydroxylation sites is 1. The van der Waals surface area contributed by atoms with Crippen LogP contribution < -0.4 is 0 Å². The quantitative estimate of drug-likeness (QED) is 0.359. The number of benzene rings is 2. The predicted molar refractivity (Wildman–Crippen MR) is 111 cm³/mol. The summed E-state index contributed by atoms with van der Waals surface area (Å²) in [6, 6.07) is 18.4. The Bertz CT molecular complexity index is 1090. The molecule has 4 aromatic rings. The molecular formula is C22H20N4S. The Kier molecular flexibility index (Phi) is 4.86. The van der Waals surface area contributed by atoms with Gasteiger partial charge in [-0.2, -0.15) is 0 Å². The van der Waals surface area contributed by atoms with Crippen LogP contribution in [-0.4, -0.2) is 19.9 Å². The molecule has 0 spiro atoms. The lowest BCUT2D eigenvalue weighted by atomic mass is 10.1. The van der Waals surface area contributed by atoms with Gasteiger partial charge in [0.15, 0.2) is 5.16 Å². The highest BCUT2D eigenvalue weighted by atomic mass is 32.2. The van der Waals surface area contributed by atoms with Crippen molar-refractivity contribution in [3.63, 3.8) is 0 Å². The molecule has 0 atom stereocenters. The van der Waals surface area contributed by atoms with Crippen LogP contribution in [-0.2, 0) is 5.75 Å². The summed E-state index contributed by atoms with van der Waals surface area (Å²) in [5.41, 5.74) is 6.21. The zero-order valence-electron chi connectivity index (χ0n) is 15.6. The van der Waals surface area contributed by atoms with E-state index in [-0.39, 0.29) is 0 Å². The summed E-state index contributed by atoms with van der Waals surface area (Å²) in [4.78, 5) is 18.8. The van der Waals surface area contributed by atoms with Crippen LogP contribution in [0.4, 0.5) is 0 Å². The van der Waals surface area contributed by atoms with E-state index in [4.69, 9.17) is 9.97 Å². The van der Waals surface area contributed by atoms with E-state index < -0.39 is 0 Å². The third kappa shape index (κ3) is 3.69. The second-order valence-electron chi connectivity index (χ2n) is 6.46. The van der Waals surface area contributed by atoms with Gasteiger partial charge < -0.3 is 0 Å². The standard InChI is InChI=1S/C22H20N4S/c1-14-15(2)23-22(24-16(14)3)27-13-20-25-19-12-8-7-11-18(19)21(26-20)17-9-5-4-6-10-17/h4-12H,13H2,1-3H3. The van der Waals surface area contributed by atoms with Gasteiger partial charge in [0.1, 0.15) is 5.82 Å². The first-order valence-electron chi connectivity index (χ1n) is 8.87. The van der Waals surface area contributed by atoms with Crippen LogP contribution in [0.15, 0.2) is 59.8 Å². The zero-order chi connectivity index (χ0) is 18.8. The lowest BCUT2D eigenvalue weighted by molar-refractivity contribution is 0.879. The molecule has 2 aromatic carbocycles. The maximum Gasteiger partial charge on any atom is 0.188 e. The summed E-state index contributed by atoms with van der Waals surface area (Å²) in [5.74, 6) is 1.42. The van der Waals surface area contributed by atoms with E-state index in [0.29, 0.717) is 5.75 Å². The van der Waals surface area contributed by atoms with Crippen LogP contribution in [0, 0.1) is 20.8 Å². The Morgan fingerprint density at radius 2 is 1.41 bits per heavy atom. The second-order valence-corrected chi connectivity index (χ2v) is 7.40. The topological polar surface area (TPSA) is 51.6 Å². The molecule has 134 valence electrons. The number of nitrogens with zero attached hydrogens (tertiary/aromatic N) is 4. The monoisotopic (exact) mass is 372 g/mol. The Hall–Kier alpha value is -2.79. The first-order valence-corrected chi connectivity index (χ1v) is 9.86. The third-order valence-corrected chi connectivity index (χ3v) is 5.48. The summed E-state index contributed by atoms with van der Waals surface area (Å²) in [6.45, 7) is 6.10. The van der Waals surface area contributed by atoms with Gasteiger partial charge in [-0.15, -0.1) is 0 Å². The number of thioether (sulfide) groups is 1. The van der Waals surface area contributed by atoms with Crippen molar-refractivity contribution < 1.29 is 0 Å². The van der Waals surface area contributed by atoms with Gasteiger partial charge in [0.2, 0.25) is 0 Å². The molecule has 4 rings (SSSR count). The van der Waals surface area contributed by atoms with Crippen LogP contribution >= 0.6 is 11.8 Å². The van der Waals surface area contributed by atoms with E-state index in [1.165, 1.54) is 0 Å². The van der Waals surface area contributed by atoms with Crippen molar-refractivity contribution in [1.29, 1.82) is 0 Å². The fourth-order valence-electron chi connectivity index (χ4n) is 2.94. The average molecular weight is 372 g/mol. The van der Waals surface area contributed by atoms with Gasteiger partial charge in [-0.25, -0.2) is 19.9 Å². The van der Waals surface area contributed by atoms with E-state index in [9.17, 15) is 0 Å². The molecular weight excluding hydrogens is 352 g/mol. The molecule has 0 N–H and O–H groups in total. The van der Waals surface area contributed by atoms with E-state index in [1.54, 1.807) is 11.8 Å². The largest absolute Gasteiger partial charge is 0.232 e. The number of rotatable bonds is 4. The van der Waals surface area contributed by atoms with Crippen molar-refractivity contribution in [2.24, 2.45) is 0 Å². The normalized spacial score (nSPS) is 11.1. The molecule has 0 saturated carbocycles. The molecule has 0 saturated heterocycles. The van der Waals surface area contributed by atoms with Gasteiger partial charge in [-0.3, -0.25) is 0 Å². The predicted octanol–water partition coefficient (Wildman–Crippen LogP) is 5.30. The van der Waals surface area contributed by atoms with E-state index in [1.807, 2.05) is 50.2 Å². The minimum absolute atomic E-state index is 0.632. The smallest absolute Gasteiger partial charge is 0.188 e. The molecule has 0 amide bonds. The Morgan fingerprint density at radius 1 is 0.741 bits per heavy atom. The number of hydrogen-bond acceptors (Lipinski definition) is 5. The Morgan fingerprint density at radius 3 is 2.15 bits per heavy atom. The Labute approximate surface area is 163 Å². The first kappa shape index (κ1) is 17.6. The van der Waals surface area contributed by atoms with Gasteiger partial charge in [0.05, 0.1) is 17.0 Å². The highest BCUT2D eigenvalue weighted by molar-refractivity contribution is 7.98. The van der Waals surface area contributed by atoms with Crippen molar-refractivity contribution in [3.05, 3.63) is 77.4 Å². The highest BCUT2D eigenvalue weighted by Crippen LogP contribution is 2.28. The summed E-state index contributed by atoms with van der Waals surface area (Å²) in [5, 5.41) is 1.84. The number of hydrogen-bond donors (Lipinski definition) is 0. The average Bonchev–Trinajstić information content (AvgIpc) is 2.70. The van der Waals surface area contributed by atoms with Crippen molar-refractivity contribution in [3.8, 4) is 11.3 Å². The summed E-state index contributed by atoms with van der Waals surface area (Å²) in [6.07, 6.45) is 0. The zero-order valence-corrected chi connectivity index (χ0v) is 16.4. The van der Waals surface area contributed by atoms with Crippen molar-refractivity contribution in [2.45, 2.75) is 31.7 Å². The van der Waals surface area contributed by atoms with Crippen molar-refractivity contribution in [1.82, 2.24) is 19.9 Å². The van der Waals surface area contributed by atoms with Gasteiger partial charge in [0.25, 0.3) is 0 Å². The molecule has 0 unspecified atom stereocenters. The van der Waals surface area contributed by atoms with Crippen LogP contribution in [0.25, 0.3) is 22.2 Å². The number of fused-ring (bicyclic) bond motifs is 1. The highest BCUT2D eigenvalue weighted by Gasteiger charge is 2.11. The van der Waals surface area contributed by atoms with Gasteiger partial charge in [0, 0.05) is 22.3 Å². The minimum atomic E-state index is 0.632. The van der Waals surface area contributed by atoms with Crippen LogP contribution in [0.2, 0.25) is 0 Å². The fraction of sp³-hybridized carbons (Fsp3) is 0.182. The van der Waals surface area contributed by atoms with Crippen LogP contribution in [0.3, 0.4) is 0 Å². The molecule has 0 fully saturated rings. The summed E-state index contributed by atoms with van der Waals surface area (Å²) in [7, 11) is 0. The fourth-order valence-corrected chi connectivity index (χ4v) is 3.73.